The Kier molecular flexibility index (Phi) is 10.2. The minimum atomic E-state index is -3.28. The molecule has 0 saturated heterocycles. The molecule has 0 aliphatic rings. The predicted molar refractivity (Wildman–Crippen MR) is 133 cm³/mol. The highest BCUT2D eigenvalue weighted by Crippen LogP contribution is 2.40. The van der Waals surface area contributed by atoms with E-state index in [0.717, 1.165) is 11.1 Å². The van der Waals surface area contributed by atoms with Crippen molar-refractivity contribution in [2.24, 2.45) is 0 Å². The Balaban J connectivity index is 2.12. The van der Waals surface area contributed by atoms with Crippen molar-refractivity contribution in [3.05, 3.63) is 57.6 Å². The van der Waals surface area contributed by atoms with Crippen molar-refractivity contribution in [3.8, 4) is 11.5 Å². The number of hydrogen-bond acceptors (Lipinski definition) is 6. The fourth-order valence-corrected chi connectivity index (χ4v) is 4.67. The van der Waals surface area contributed by atoms with Crippen molar-refractivity contribution in [2.45, 2.75) is 38.4 Å². The topological polar surface area (TPSA) is 93.1 Å². The molecule has 0 bridgehead atoms. The molecule has 0 radical (unpaired) electrons. The molecular weight excluding hydrogens is 511 g/mol. The third kappa shape index (κ3) is 7.91. The molecule has 33 heavy (non-hydrogen) atoms. The molecule has 6 nitrogen and oxygen atoms in total. The SMILES string of the molecule is CCS(=O)(=O)CC(O)COc1ccc(C(C)(C)c2cc(Cl)c(OC[C@@H](O)CCl)c(Cl)c2)cc1. The molecule has 0 heterocycles. The second-order valence-corrected chi connectivity index (χ2v) is 11.7. The second-order valence-electron chi connectivity index (χ2n) is 8.20. The molecule has 2 atom stereocenters. The number of rotatable bonds is 12. The number of halogens is 3. The van der Waals surface area contributed by atoms with Gasteiger partial charge in [0, 0.05) is 11.2 Å². The molecule has 2 aromatic carbocycles. The number of ether oxygens (including phenoxy) is 2. The molecule has 0 aliphatic carbocycles. The maximum Gasteiger partial charge on any atom is 0.156 e. The number of aliphatic hydroxyl groups excluding tert-OH is 2. The van der Waals surface area contributed by atoms with Gasteiger partial charge in [-0.2, -0.15) is 0 Å². The van der Waals surface area contributed by atoms with E-state index in [1.165, 1.54) is 6.92 Å². The van der Waals surface area contributed by atoms with Crippen LogP contribution >= 0.6 is 34.8 Å². The standard InChI is InChI=1S/C23H29Cl3O6S/c1-4-33(29,30)14-18(28)13-31-19-7-5-15(6-8-19)23(2,3)16-9-20(25)22(21(26)10-16)32-12-17(27)11-24/h5-10,17-18,27-28H,4,11-14H2,1-3H3/t17-,18?/m0/s1. The fourth-order valence-electron chi connectivity index (χ4n) is 3.07. The summed E-state index contributed by atoms with van der Waals surface area (Å²) in [5.41, 5.74) is 1.35. The smallest absolute Gasteiger partial charge is 0.156 e. The molecule has 0 aromatic heterocycles. The van der Waals surface area contributed by atoms with Gasteiger partial charge in [-0.3, -0.25) is 0 Å². The average Bonchev–Trinajstić information content (AvgIpc) is 2.76. The number of hydrogen-bond donors (Lipinski definition) is 2. The highest BCUT2D eigenvalue weighted by Gasteiger charge is 2.26. The summed E-state index contributed by atoms with van der Waals surface area (Å²) < 4.78 is 34.3. The fraction of sp³-hybridized carbons (Fsp3) is 0.478. The molecular formula is C23H29Cl3O6S. The Morgan fingerprint density at radius 2 is 1.48 bits per heavy atom. The first kappa shape index (κ1) is 28.0. The van der Waals surface area contributed by atoms with E-state index >= 15 is 0 Å². The van der Waals surface area contributed by atoms with E-state index in [4.69, 9.17) is 44.3 Å². The van der Waals surface area contributed by atoms with E-state index in [0.29, 0.717) is 15.8 Å². The van der Waals surface area contributed by atoms with E-state index in [9.17, 15) is 18.6 Å². The van der Waals surface area contributed by atoms with Gasteiger partial charge in [-0.25, -0.2) is 8.42 Å². The molecule has 0 fully saturated rings. The maximum atomic E-state index is 11.6. The molecule has 0 amide bonds. The van der Waals surface area contributed by atoms with Crippen LogP contribution in [0.5, 0.6) is 11.5 Å². The van der Waals surface area contributed by atoms with Crippen LogP contribution in [0.4, 0.5) is 0 Å². The van der Waals surface area contributed by atoms with Gasteiger partial charge < -0.3 is 19.7 Å². The number of benzene rings is 2. The van der Waals surface area contributed by atoms with Gasteiger partial charge in [0.2, 0.25) is 0 Å². The molecule has 0 saturated carbocycles. The Hall–Kier alpha value is -1.22. The van der Waals surface area contributed by atoms with Crippen LogP contribution in [0.15, 0.2) is 36.4 Å². The Labute approximate surface area is 210 Å². The predicted octanol–water partition coefficient (Wildman–Crippen LogP) is 4.47. The Morgan fingerprint density at radius 1 is 0.939 bits per heavy atom. The monoisotopic (exact) mass is 538 g/mol. The lowest BCUT2D eigenvalue weighted by atomic mass is 9.78. The van der Waals surface area contributed by atoms with Gasteiger partial charge in [0.1, 0.15) is 31.2 Å². The van der Waals surface area contributed by atoms with Crippen molar-refractivity contribution < 1.29 is 28.1 Å². The zero-order valence-electron chi connectivity index (χ0n) is 18.7. The zero-order valence-corrected chi connectivity index (χ0v) is 21.8. The van der Waals surface area contributed by atoms with Gasteiger partial charge in [-0.05, 0) is 35.4 Å². The normalized spacial score (nSPS) is 14.1. The molecule has 10 heteroatoms. The van der Waals surface area contributed by atoms with Crippen LogP contribution in [-0.2, 0) is 15.3 Å². The first-order valence-electron chi connectivity index (χ1n) is 10.4. The van der Waals surface area contributed by atoms with Gasteiger partial charge in [-0.1, -0.05) is 56.1 Å². The third-order valence-electron chi connectivity index (χ3n) is 5.22. The summed E-state index contributed by atoms with van der Waals surface area (Å²) in [7, 11) is -3.28. The van der Waals surface area contributed by atoms with Crippen molar-refractivity contribution in [3.63, 3.8) is 0 Å². The van der Waals surface area contributed by atoms with E-state index in [-0.39, 0.29) is 36.3 Å². The summed E-state index contributed by atoms with van der Waals surface area (Å²) in [6, 6.07) is 10.8. The van der Waals surface area contributed by atoms with Gasteiger partial charge >= 0.3 is 0 Å². The van der Waals surface area contributed by atoms with Crippen molar-refractivity contribution in [2.75, 3.05) is 30.6 Å². The molecule has 2 aromatic rings. The lowest BCUT2D eigenvalue weighted by Crippen LogP contribution is -2.28. The largest absolute Gasteiger partial charge is 0.491 e. The van der Waals surface area contributed by atoms with E-state index in [1.807, 2.05) is 26.0 Å². The van der Waals surface area contributed by atoms with Crippen LogP contribution in [-0.4, -0.2) is 61.4 Å². The number of aliphatic hydroxyl groups is 2. The highest BCUT2D eigenvalue weighted by atomic mass is 35.5. The van der Waals surface area contributed by atoms with Gasteiger partial charge in [0.25, 0.3) is 0 Å². The second kappa shape index (κ2) is 12.0. The first-order valence-corrected chi connectivity index (χ1v) is 13.5. The summed E-state index contributed by atoms with van der Waals surface area (Å²) in [4.78, 5) is 0. The maximum absolute atomic E-state index is 11.6. The van der Waals surface area contributed by atoms with Crippen LogP contribution in [0.2, 0.25) is 10.0 Å². The zero-order chi connectivity index (χ0) is 24.8. The Bertz CT molecular complexity index is 1000. The first-order chi connectivity index (χ1) is 15.4. The van der Waals surface area contributed by atoms with Gasteiger partial charge in [-0.15, -0.1) is 11.6 Å². The molecule has 184 valence electrons. The molecule has 2 N–H and O–H groups in total. The summed E-state index contributed by atoms with van der Waals surface area (Å²) in [5, 5.41) is 20.1. The lowest BCUT2D eigenvalue weighted by Gasteiger charge is -2.27. The number of sulfone groups is 1. The molecule has 2 rings (SSSR count). The van der Waals surface area contributed by atoms with Crippen LogP contribution in [0.3, 0.4) is 0 Å². The summed E-state index contributed by atoms with van der Waals surface area (Å²) >= 11 is 18.4. The molecule has 1 unspecified atom stereocenters. The molecule has 0 aliphatic heterocycles. The van der Waals surface area contributed by atoms with Crippen LogP contribution in [0.1, 0.15) is 31.9 Å². The average molecular weight is 540 g/mol. The van der Waals surface area contributed by atoms with Crippen molar-refractivity contribution in [1.29, 1.82) is 0 Å². The minimum absolute atomic E-state index is 0.0216. The van der Waals surface area contributed by atoms with Crippen molar-refractivity contribution in [1.82, 2.24) is 0 Å². The van der Waals surface area contributed by atoms with E-state index in [2.05, 4.69) is 0 Å². The molecule has 0 spiro atoms. The van der Waals surface area contributed by atoms with E-state index in [1.54, 1.807) is 24.3 Å². The summed E-state index contributed by atoms with van der Waals surface area (Å²) in [6.45, 7) is 5.43. The van der Waals surface area contributed by atoms with Crippen LogP contribution < -0.4 is 9.47 Å². The quantitative estimate of drug-likeness (QED) is 0.387. The van der Waals surface area contributed by atoms with Gasteiger partial charge in [0.05, 0.1) is 21.7 Å². The van der Waals surface area contributed by atoms with Crippen molar-refractivity contribution >= 4 is 44.6 Å². The highest BCUT2D eigenvalue weighted by molar-refractivity contribution is 7.91. The Morgan fingerprint density at radius 3 is 2.00 bits per heavy atom. The van der Waals surface area contributed by atoms with E-state index < -0.39 is 27.5 Å². The number of alkyl halides is 1. The minimum Gasteiger partial charge on any atom is -0.491 e. The summed E-state index contributed by atoms with van der Waals surface area (Å²) in [6.07, 6.45) is -1.92. The third-order valence-corrected chi connectivity index (χ3v) is 7.91. The van der Waals surface area contributed by atoms with Gasteiger partial charge in [0.15, 0.2) is 15.6 Å². The van der Waals surface area contributed by atoms with Crippen LogP contribution in [0.25, 0.3) is 0 Å². The summed E-state index contributed by atoms with van der Waals surface area (Å²) in [5.74, 6) is 0.483. The lowest BCUT2D eigenvalue weighted by molar-refractivity contribution is 0.125. The van der Waals surface area contributed by atoms with Crippen LogP contribution in [0, 0.1) is 0 Å².